The zero-order chi connectivity index (χ0) is 51.8. The van der Waals surface area contributed by atoms with Crippen LogP contribution >= 0.6 is 23.2 Å². The zero-order valence-corrected chi connectivity index (χ0v) is 43.8. The van der Waals surface area contributed by atoms with Gasteiger partial charge in [0, 0.05) is 39.4 Å². The lowest BCUT2D eigenvalue weighted by molar-refractivity contribution is -0.384. The number of hydrogen-bond acceptors (Lipinski definition) is 16. The van der Waals surface area contributed by atoms with Gasteiger partial charge in [-0.3, -0.25) is 10.1 Å². The third-order valence-corrected chi connectivity index (χ3v) is 13.1. The van der Waals surface area contributed by atoms with Crippen LogP contribution in [0.4, 0.5) is 15.3 Å². The number of aliphatic hydroxyl groups is 2. The molecule has 0 bridgehead atoms. The fourth-order valence-electron chi connectivity index (χ4n) is 9.23. The largest absolute Gasteiger partial charge is 0.514 e. The number of benzene rings is 1. The Hall–Kier alpha value is -3.14. The monoisotopic (exact) mass is 1030 g/mol. The van der Waals surface area contributed by atoms with E-state index < -0.39 is 51.8 Å². The van der Waals surface area contributed by atoms with E-state index in [1.54, 1.807) is 41.9 Å². The van der Waals surface area contributed by atoms with Crippen LogP contribution in [0.1, 0.15) is 102 Å². The number of nitrogens with two attached hydrogens (primary N) is 1. The lowest BCUT2D eigenvalue weighted by Crippen LogP contribution is -2.56. The highest BCUT2D eigenvalue weighted by atomic mass is 35.5. The lowest BCUT2D eigenvalue weighted by Gasteiger charge is -2.42. The van der Waals surface area contributed by atoms with Gasteiger partial charge in [-0.2, -0.15) is 0 Å². The summed E-state index contributed by atoms with van der Waals surface area (Å²) >= 11 is 9.53. The van der Waals surface area contributed by atoms with Gasteiger partial charge in [-0.25, -0.2) is 9.59 Å². The standard InChI is InChI=1S/C23H29NO8.C21H35NO6.C4H11NO.CH2Cl2.CH4/c1-14(2)5-10-18-22(3,32-18)20-19(28-4)17(11-12-23(20)13-29-23)31-21(25)30-16-8-6-15(7-9-16)24(26)27;1-13(2)7-8-15-20(5,28-15)17-16(25-6)14(9-10-21(17)12-26-21)27-18(23)22-11-19(3,4)24;1-4(2,6)3-5;2-1-3;/h5-10,14,17-20H,11-13H2,1-4H3;7-8,13-17,24H,9-12H2,1-6H3,(H,22,23);6H,3,5H2,1-2H3;1H2;1H4/b10-5+;8-7+;;;/t17-,18-,19-,20?,22-,23+;14-,15-,16-,17?,20-,21+;;;/m11.../s1. The molecule has 2 unspecified atom stereocenters. The van der Waals surface area contributed by atoms with Crippen molar-refractivity contribution >= 4 is 41.1 Å². The molecule has 70 heavy (non-hydrogen) atoms. The van der Waals surface area contributed by atoms with E-state index in [1.165, 1.54) is 24.3 Å². The summed E-state index contributed by atoms with van der Waals surface area (Å²) in [5.74, 6) is 0.921. The van der Waals surface area contributed by atoms with Gasteiger partial charge in [0.2, 0.25) is 0 Å². The number of amides is 1. The number of alkyl carbamates (subject to hydrolysis) is 1. The van der Waals surface area contributed by atoms with Crippen LogP contribution < -0.4 is 15.8 Å². The fourth-order valence-corrected chi connectivity index (χ4v) is 9.23. The molecule has 2 aliphatic carbocycles. The molecule has 4 aliphatic heterocycles. The number of methoxy groups -OCH3 is 2. The highest BCUT2D eigenvalue weighted by Crippen LogP contribution is 2.60. The Morgan fingerprint density at radius 2 is 1.24 bits per heavy atom. The van der Waals surface area contributed by atoms with Crippen molar-refractivity contribution in [1.29, 1.82) is 0 Å². The molecule has 0 aromatic heterocycles. The summed E-state index contributed by atoms with van der Waals surface area (Å²) in [6, 6.07) is 5.24. The molecular weight excluding hydrogens is 953 g/mol. The first kappa shape index (κ1) is 61.2. The number of non-ortho nitro benzene ring substituents is 1. The van der Waals surface area contributed by atoms with Crippen molar-refractivity contribution in [3.8, 4) is 5.75 Å². The predicted octanol–water partition coefficient (Wildman–Crippen LogP) is 8.23. The molecule has 2 saturated carbocycles. The minimum atomic E-state index is -0.994. The highest BCUT2D eigenvalue weighted by Gasteiger charge is 2.73. The number of ether oxygens (including phenoxy) is 9. The third-order valence-electron chi connectivity index (χ3n) is 13.1. The van der Waals surface area contributed by atoms with Crippen LogP contribution in [0.15, 0.2) is 48.6 Å². The minimum Gasteiger partial charge on any atom is -0.443 e. The molecule has 5 N–H and O–H groups in total. The number of carbonyl (C=O) groups excluding carboxylic acids is 2. The van der Waals surface area contributed by atoms with Crippen LogP contribution in [0.25, 0.3) is 0 Å². The number of nitro groups is 1. The summed E-state index contributed by atoms with van der Waals surface area (Å²) < 4.78 is 52.2. The molecule has 4 heterocycles. The molecule has 4 saturated heterocycles. The summed E-state index contributed by atoms with van der Waals surface area (Å²) in [6.07, 6.45) is 8.17. The van der Waals surface area contributed by atoms with Gasteiger partial charge in [0.05, 0.1) is 46.5 Å². The van der Waals surface area contributed by atoms with E-state index >= 15 is 0 Å². The number of nitrogens with zero attached hydrogens (tertiary/aromatic N) is 1. The van der Waals surface area contributed by atoms with Crippen LogP contribution in [-0.4, -0.2) is 143 Å². The van der Waals surface area contributed by atoms with Gasteiger partial charge in [0.1, 0.15) is 64.8 Å². The summed E-state index contributed by atoms with van der Waals surface area (Å²) in [5, 5.41) is 32.1. The van der Waals surface area contributed by atoms with Gasteiger partial charge in [-0.1, -0.05) is 59.4 Å². The molecule has 7 rings (SSSR count). The molecule has 6 fully saturated rings. The molecule has 6 aliphatic rings. The summed E-state index contributed by atoms with van der Waals surface area (Å²) in [7, 11) is 3.25. The van der Waals surface area contributed by atoms with Crippen molar-refractivity contribution in [1.82, 2.24) is 5.32 Å². The zero-order valence-electron chi connectivity index (χ0n) is 42.2. The van der Waals surface area contributed by atoms with E-state index in [1.807, 2.05) is 0 Å². The topological polar surface area (TPSA) is 252 Å². The number of carbonyl (C=O) groups is 2. The first-order valence-electron chi connectivity index (χ1n) is 23.6. The summed E-state index contributed by atoms with van der Waals surface area (Å²) in [5.41, 5.74) is 1.86. The number of epoxide rings is 4. The Balaban J connectivity index is 0.000000314. The maximum Gasteiger partial charge on any atom is 0.514 e. The van der Waals surface area contributed by atoms with Crippen molar-refractivity contribution in [2.24, 2.45) is 29.4 Å². The lowest BCUT2D eigenvalue weighted by atomic mass is 9.68. The fraction of sp³-hybridized carbons (Fsp3) is 0.760. The van der Waals surface area contributed by atoms with Crippen LogP contribution in [0.3, 0.4) is 0 Å². The molecule has 20 heteroatoms. The van der Waals surface area contributed by atoms with Gasteiger partial charge >= 0.3 is 12.2 Å². The van der Waals surface area contributed by atoms with Gasteiger partial charge in [-0.05, 0) is 91.2 Å². The highest BCUT2D eigenvalue weighted by molar-refractivity contribution is 6.40. The molecule has 400 valence electrons. The molecule has 12 atom stereocenters. The summed E-state index contributed by atoms with van der Waals surface area (Å²) in [6.45, 7) is 21.0. The average Bonchev–Trinajstić information content (AvgIpc) is 4.15. The average molecular weight is 1040 g/mol. The first-order chi connectivity index (χ1) is 32.2. The van der Waals surface area contributed by atoms with Crippen LogP contribution in [0, 0.1) is 33.8 Å². The maximum absolute atomic E-state index is 12.4. The molecule has 1 aromatic carbocycles. The third kappa shape index (κ3) is 16.7. The van der Waals surface area contributed by atoms with Crippen molar-refractivity contribution < 1.29 is 67.4 Å². The molecule has 18 nitrogen and oxygen atoms in total. The molecule has 0 radical (unpaired) electrons. The van der Waals surface area contributed by atoms with E-state index in [2.05, 4.69) is 71.2 Å². The van der Waals surface area contributed by atoms with Gasteiger partial charge < -0.3 is 63.9 Å². The van der Waals surface area contributed by atoms with Crippen molar-refractivity contribution in [2.75, 3.05) is 45.9 Å². The second-order valence-corrected chi connectivity index (χ2v) is 21.6. The van der Waals surface area contributed by atoms with Crippen LogP contribution in [0.2, 0.25) is 0 Å². The van der Waals surface area contributed by atoms with Crippen molar-refractivity contribution in [3.05, 3.63) is 58.7 Å². The van der Waals surface area contributed by atoms with Crippen molar-refractivity contribution in [2.45, 2.75) is 173 Å². The second-order valence-electron chi connectivity index (χ2n) is 20.8. The van der Waals surface area contributed by atoms with Gasteiger partial charge in [0.15, 0.2) is 0 Å². The Morgan fingerprint density at radius 1 is 0.843 bits per heavy atom. The number of allylic oxidation sites excluding steroid dienone is 2. The number of alkyl halides is 2. The normalized spacial score (nSPS) is 33.7. The van der Waals surface area contributed by atoms with Crippen molar-refractivity contribution in [3.63, 3.8) is 0 Å². The SMILES string of the molecule is C.CC(C)(O)CN.CO[C@H]1C([C@]2(C)O[C@@H]2/C=C/C(C)C)[C@]2(CC[C@H]1OC(=O)NCC(C)(C)O)CO2.CO[C@H]1C([C@]2(C)O[C@@H]2/C=C/C(C)C)[C@]2(CC[C@H]1OC(=O)Oc1ccc([N+](=O)[O-])cc1)CO2.ClCCl. The first-order valence-corrected chi connectivity index (χ1v) is 24.6. The summed E-state index contributed by atoms with van der Waals surface area (Å²) in [4.78, 5) is 34.9. The Kier molecular flexibility index (Phi) is 22.0. The smallest absolute Gasteiger partial charge is 0.443 e. The number of halogens is 2. The van der Waals surface area contributed by atoms with Crippen LogP contribution in [-0.2, 0) is 37.9 Å². The number of nitro benzene ring substituents is 1. The number of nitrogens with one attached hydrogen (secondary N) is 1. The Labute approximate surface area is 424 Å². The molecular formula is C50H81Cl2N3O15. The molecule has 2 spiro atoms. The van der Waals surface area contributed by atoms with E-state index in [0.29, 0.717) is 44.4 Å². The quantitative estimate of drug-likeness (QED) is 0.0245. The maximum atomic E-state index is 12.4. The molecule has 1 amide bonds. The van der Waals surface area contributed by atoms with Crippen LogP contribution in [0.5, 0.6) is 5.75 Å². The Morgan fingerprint density at radius 3 is 1.57 bits per heavy atom. The Bertz CT molecular complexity index is 1900. The minimum absolute atomic E-state index is 0. The second kappa shape index (κ2) is 25.2. The number of hydrogen-bond donors (Lipinski definition) is 4. The van der Waals surface area contributed by atoms with Gasteiger partial charge in [-0.15, -0.1) is 23.2 Å². The van der Waals surface area contributed by atoms with E-state index in [9.17, 15) is 24.8 Å². The van der Waals surface area contributed by atoms with E-state index in [4.69, 9.17) is 76.7 Å². The van der Waals surface area contributed by atoms with Gasteiger partial charge in [0.25, 0.3) is 5.69 Å². The number of rotatable bonds is 15. The predicted molar refractivity (Wildman–Crippen MR) is 266 cm³/mol. The van der Waals surface area contributed by atoms with E-state index in [-0.39, 0.29) is 78.2 Å². The molecule has 1 aromatic rings. The van der Waals surface area contributed by atoms with E-state index in [0.717, 1.165) is 12.8 Å².